The maximum Gasteiger partial charge on any atom is 0.147 e. The molecule has 0 saturated heterocycles. The maximum absolute atomic E-state index is 11.0. The smallest absolute Gasteiger partial charge is 0.147 e. The zero-order valence-electron chi connectivity index (χ0n) is 11.5. The lowest BCUT2D eigenvalue weighted by Crippen LogP contribution is -2.18. The van der Waals surface area contributed by atoms with Crippen LogP contribution in [0.15, 0.2) is 18.5 Å². The van der Waals surface area contributed by atoms with E-state index >= 15 is 0 Å². The SMILES string of the molecule is CCCNC(C)c1ccn(CCCS(C)(=O)=O)c1. The lowest BCUT2D eigenvalue weighted by Gasteiger charge is -2.11. The highest BCUT2D eigenvalue weighted by molar-refractivity contribution is 7.90. The Labute approximate surface area is 110 Å². The monoisotopic (exact) mass is 272 g/mol. The average Bonchev–Trinajstić information content (AvgIpc) is 2.73. The molecule has 0 saturated carbocycles. The molecule has 1 aromatic rings. The van der Waals surface area contributed by atoms with E-state index in [1.165, 1.54) is 11.8 Å². The molecule has 0 spiro atoms. The van der Waals surface area contributed by atoms with Gasteiger partial charge in [-0.3, -0.25) is 0 Å². The largest absolute Gasteiger partial charge is 0.354 e. The van der Waals surface area contributed by atoms with Crippen molar-refractivity contribution in [2.75, 3.05) is 18.6 Å². The summed E-state index contributed by atoms with van der Waals surface area (Å²) in [6, 6.07) is 2.44. The van der Waals surface area contributed by atoms with E-state index in [4.69, 9.17) is 0 Å². The van der Waals surface area contributed by atoms with Crippen molar-refractivity contribution < 1.29 is 8.42 Å². The number of rotatable bonds is 8. The van der Waals surface area contributed by atoms with E-state index in [0.717, 1.165) is 19.5 Å². The van der Waals surface area contributed by atoms with Crippen molar-refractivity contribution in [1.82, 2.24) is 9.88 Å². The first-order chi connectivity index (χ1) is 8.42. The van der Waals surface area contributed by atoms with Crippen molar-refractivity contribution in [3.05, 3.63) is 24.0 Å². The third kappa shape index (κ3) is 5.69. The van der Waals surface area contributed by atoms with Crippen molar-refractivity contribution in [2.24, 2.45) is 0 Å². The third-order valence-corrected chi connectivity index (χ3v) is 3.94. The molecule has 5 heteroatoms. The van der Waals surface area contributed by atoms with Gasteiger partial charge in [0, 0.05) is 31.2 Å². The standard InChI is InChI=1S/C13H24N2O2S/c1-4-7-14-12(2)13-6-9-15(11-13)8-5-10-18(3,16)17/h6,9,11-12,14H,4-5,7-8,10H2,1-3H3. The number of nitrogens with zero attached hydrogens (tertiary/aromatic N) is 1. The van der Waals surface area contributed by atoms with Crippen molar-refractivity contribution in [1.29, 1.82) is 0 Å². The normalized spacial score (nSPS) is 13.7. The van der Waals surface area contributed by atoms with Crippen LogP contribution in [0.2, 0.25) is 0 Å². The lowest BCUT2D eigenvalue weighted by molar-refractivity contribution is 0.567. The summed E-state index contributed by atoms with van der Waals surface area (Å²) in [5.41, 5.74) is 1.25. The summed E-state index contributed by atoms with van der Waals surface area (Å²) in [6.45, 7) is 6.07. The predicted molar refractivity (Wildman–Crippen MR) is 75.5 cm³/mol. The zero-order valence-corrected chi connectivity index (χ0v) is 12.3. The molecule has 0 bridgehead atoms. The van der Waals surface area contributed by atoms with Gasteiger partial charge in [-0.2, -0.15) is 0 Å². The summed E-state index contributed by atoms with van der Waals surface area (Å²) in [5, 5.41) is 3.43. The van der Waals surface area contributed by atoms with E-state index in [-0.39, 0.29) is 5.75 Å². The predicted octanol–water partition coefficient (Wildman–Crippen LogP) is 1.98. The second-order valence-corrected chi connectivity index (χ2v) is 7.10. The van der Waals surface area contributed by atoms with Crippen molar-refractivity contribution in [3.8, 4) is 0 Å². The molecule has 0 aliphatic heterocycles. The summed E-state index contributed by atoms with van der Waals surface area (Å²) >= 11 is 0. The molecule has 4 nitrogen and oxygen atoms in total. The molecular formula is C13H24N2O2S. The maximum atomic E-state index is 11.0. The van der Waals surface area contributed by atoms with Crippen LogP contribution in [0.3, 0.4) is 0 Å². The topological polar surface area (TPSA) is 51.1 Å². The number of sulfone groups is 1. The van der Waals surface area contributed by atoms with Crippen molar-refractivity contribution in [2.45, 2.75) is 39.3 Å². The highest BCUT2D eigenvalue weighted by atomic mass is 32.2. The Morgan fingerprint density at radius 3 is 2.78 bits per heavy atom. The minimum Gasteiger partial charge on any atom is -0.354 e. The van der Waals surface area contributed by atoms with Gasteiger partial charge in [-0.15, -0.1) is 0 Å². The van der Waals surface area contributed by atoms with Crippen LogP contribution in [0.25, 0.3) is 0 Å². The van der Waals surface area contributed by atoms with Gasteiger partial charge in [0.05, 0.1) is 5.75 Å². The zero-order chi connectivity index (χ0) is 13.6. The van der Waals surface area contributed by atoms with Crippen LogP contribution in [0, 0.1) is 0 Å². The molecule has 0 amide bonds. The molecule has 0 radical (unpaired) electrons. The van der Waals surface area contributed by atoms with E-state index in [9.17, 15) is 8.42 Å². The summed E-state index contributed by atoms with van der Waals surface area (Å²) in [6.07, 6.45) is 7.19. The molecule has 1 unspecified atom stereocenters. The van der Waals surface area contributed by atoms with Gasteiger partial charge in [-0.1, -0.05) is 6.92 Å². The molecule has 18 heavy (non-hydrogen) atoms. The van der Waals surface area contributed by atoms with Gasteiger partial charge < -0.3 is 9.88 Å². The number of aromatic nitrogens is 1. The van der Waals surface area contributed by atoms with Gasteiger partial charge in [-0.05, 0) is 37.9 Å². The minimum atomic E-state index is -2.84. The lowest BCUT2D eigenvalue weighted by atomic mass is 10.2. The van der Waals surface area contributed by atoms with Gasteiger partial charge in [-0.25, -0.2) is 8.42 Å². The fourth-order valence-corrected chi connectivity index (χ4v) is 2.50. The van der Waals surface area contributed by atoms with Crippen LogP contribution < -0.4 is 5.32 Å². The Hall–Kier alpha value is -0.810. The van der Waals surface area contributed by atoms with Crippen LogP contribution in [0.5, 0.6) is 0 Å². The molecule has 1 heterocycles. The Balaban J connectivity index is 2.43. The van der Waals surface area contributed by atoms with Gasteiger partial charge in [0.15, 0.2) is 0 Å². The molecule has 1 N–H and O–H groups in total. The third-order valence-electron chi connectivity index (χ3n) is 2.91. The minimum absolute atomic E-state index is 0.254. The van der Waals surface area contributed by atoms with E-state index in [2.05, 4.69) is 36.0 Å². The first-order valence-corrected chi connectivity index (χ1v) is 8.55. The molecular weight excluding hydrogens is 248 g/mol. The molecule has 0 aliphatic rings. The summed E-state index contributed by atoms with van der Waals surface area (Å²) < 4.78 is 24.1. The fraction of sp³-hybridized carbons (Fsp3) is 0.692. The first-order valence-electron chi connectivity index (χ1n) is 6.49. The highest BCUT2D eigenvalue weighted by Gasteiger charge is 2.06. The highest BCUT2D eigenvalue weighted by Crippen LogP contribution is 2.13. The molecule has 0 aromatic carbocycles. The van der Waals surface area contributed by atoms with Crippen LogP contribution in [0.1, 0.15) is 38.3 Å². The van der Waals surface area contributed by atoms with Crippen LogP contribution in [0.4, 0.5) is 0 Å². The quantitative estimate of drug-likeness (QED) is 0.787. The first kappa shape index (κ1) is 15.2. The van der Waals surface area contributed by atoms with E-state index in [1.54, 1.807) is 0 Å². The number of hydrogen-bond acceptors (Lipinski definition) is 3. The van der Waals surface area contributed by atoms with E-state index in [1.807, 2.05) is 6.20 Å². The average molecular weight is 272 g/mol. The molecule has 1 rings (SSSR count). The number of aryl methyl sites for hydroxylation is 1. The van der Waals surface area contributed by atoms with Gasteiger partial charge in [0.1, 0.15) is 9.84 Å². The Morgan fingerprint density at radius 2 is 2.17 bits per heavy atom. The molecule has 104 valence electrons. The number of nitrogens with one attached hydrogen (secondary N) is 1. The van der Waals surface area contributed by atoms with Gasteiger partial charge in [0.2, 0.25) is 0 Å². The van der Waals surface area contributed by atoms with Gasteiger partial charge in [0.25, 0.3) is 0 Å². The molecule has 0 aliphatic carbocycles. The Bertz CT molecular complexity index is 451. The fourth-order valence-electron chi connectivity index (χ4n) is 1.84. The van der Waals surface area contributed by atoms with Crippen LogP contribution >= 0.6 is 0 Å². The Morgan fingerprint density at radius 1 is 1.44 bits per heavy atom. The van der Waals surface area contributed by atoms with Crippen molar-refractivity contribution in [3.63, 3.8) is 0 Å². The molecule has 0 fully saturated rings. The Kier molecular flexibility index (Phi) is 5.88. The van der Waals surface area contributed by atoms with Gasteiger partial charge >= 0.3 is 0 Å². The van der Waals surface area contributed by atoms with Crippen molar-refractivity contribution >= 4 is 9.84 Å². The molecule has 1 aromatic heterocycles. The van der Waals surface area contributed by atoms with E-state index < -0.39 is 9.84 Å². The van der Waals surface area contributed by atoms with Crippen LogP contribution in [-0.4, -0.2) is 31.5 Å². The summed E-state index contributed by atoms with van der Waals surface area (Å²) in [4.78, 5) is 0. The second-order valence-electron chi connectivity index (χ2n) is 4.84. The van der Waals surface area contributed by atoms with E-state index in [0.29, 0.717) is 12.5 Å². The molecule has 1 atom stereocenters. The second kappa shape index (κ2) is 6.95. The summed E-state index contributed by atoms with van der Waals surface area (Å²) in [7, 11) is -2.84. The van der Waals surface area contributed by atoms with Crippen LogP contribution in [-0.2, 0) is 16.4 Å². The summed E-state index contributed by atoms with van der Waals surface area (Å²) in [5.74, 6) is 0.254. The number of hydrogen-bond donors (Lipinski definition) is 1.